The monoisotopic (exact) mass is 348 g/mol. The highest BCUT2D eigenvalue weighted by atomic mass is 35.5. The van der Waals surface area contributed by atoms with Crippen molar-refractivity contribution in [3.8, 4) is 22.8 Å². The molecule has 23 heavy (non-hydrogen) atoms. The van der Waals surface area contributed by atoms with Gasteiger partial charge in [-0.25, -0.2) is 8.42 Å². The van der Waals surface area contributed by atoms with E-state index < -0.39 is 9.84 Å². The number of aromatic nitrogens is 2. The summed E-state index contributed by atoms with van der Waals surface area (Å²) in [6, 6.07) is 13.5. The third kappa shape index (κ3) is 3.55. The molecule has 1 aromatic heterocycles. The van der Waals surface area contributed by atoms with Crippen molar-refractivity contribution in [1.82, 2.24) is 10.2 Å². The number of nitrogens with zero attached hydrogens (tertiary/aromatic N) is 1. The quantitative estimate of drug-likeness (QED) is 0.775. The van der Waals surface area contributed by atoms with E-state index in [4.69, 9.17) is 16.3 Å². The van der Waals surface area contributed by atoms with Crippen LogP contribution in [-0.2, 0) is 9.84 Å². The van der Waals surface area contributed by atoms with Crippen LogP contribution in [0.2, 0.25) is 5.02 Å². The molecule has 0 unspecified atom stereocenters. The van der Waals surface area contributed by atoms with Gasteiger partial charge in [0.15, 0.2) is 15.6 Å². The maximum atomic E-state index is 11.5. The van der Waals surface area contributed by atoms with Gasteiger partial charge >= 0.3 is 0 Å². The molecule has 1 heterocycles. The summed E-state index contributed by atoms with van der Waals surface area (Å²) in [7, 11) is -3.22. The van der Waals surface area contributed by atoms with E-state index in [1.54, 1.807) is 54.7 Å². The molecule has 3 aromatic rings. The SMILES string of the molecule is CS(=O)(=O)c1ccc(-c2[nH]ncc2Oc2ccc(Cl)cc2)cc1. The van der Waals surface area contributed by atoms with Gasteiger partial charge in [-0.05, 0) is 36.4 Å². The van der Waals surface area contributed by atoms with Gasteiger partial charge in [-0.15, -0.1) is 0 Å². The molecule has 0 aliphatic rings. The van der Waals surface area contributed by atoms with E-state index in [1.807, 2.05) is 0 Å². The lowest BCUT2D eigenvalue weighted by atomic mass is 10.1. The summed E-state index contributed by atoms with van der Waals surface area (Å²) in [6.07, 6.45) is 2.74. The third-order valence-corrected chi connectivity index (χ3v) is 4.60. The largest absolute Gasteiger partial charge is 0.453 e. The van der Waals surface area contributed by atoms with Crippen molar-refractivity contribution in [3.63, 3.8) is 0 Å². The fourth-order valence-electron chi connectivity index (χ4n) is 2.06. The topological polar surface area (TPSA) is 72.0 Å². The number of aromatic amines is 1. The molecule has 1 N–H and O–H groups in total. The van der Waals surface area contributed by atoms with Crippen LogP contribution in [0.15, 0.2) is 59.6 Å². The first-order valence-electron chi connectivity index (χ1n) is 6.71. The maximum absolute atomic E-state index is 11.5. The Morgan fingerprint density at radius 2 is 1.70 bits per heavy atom. The molecule has 0 radical (unpaired) electrons. The Balaban J connectivity index is 1.90. The zero-order chi connectivity index (χ0) is 16.4. The predicted octanol–water partition coefficient (Wildman–Crippen LogP) is 3.93. The molecule has 7 heteroatoms. The Hall–Kier alpha value is -2.31. The molecule has 5 nitrogen and oxygen atoms in total. The van der Waals surface area contributed by atoms with Crippen molar-refractivity contribution in [2.45, 2.75) is 4.90 Å². The normalized spacial score (nSPS) is 11.4. The molecule has 118 valence electrons. The van der Waals surface area contributed by atoms with E-state index in [0.29, 0.717) is 22.2 Å². The summed E-state index contributed by atoms with van der Waals surface area (Å²) in [5.41, 5.74) is 1.44. The van der Waals surface area contributed by atoms with Crippen molar-refractivity contribution < 1.29 is 13.2 Å². The van der Waals surface area contributed by atoms with Crippen LogP contribution in [0.1, 0.15) is 0 Å². The number of H-pyrrole nitrogens is 1. The minimum absolute atomic E-state index is 0.265. The van der Waals surface area contributed by atoms with Gasteiger partial charge in [-0.2, -0.15) is 5.10 Å². The minimum Gasteiger partial charge on any atom is -0.453 e. The number of sulfone groups is 1. The molecule has 0 saturated heterocycles. The van der Waals surface area contributed by atoms with E-state index in [9.17, 15) is 8.42 Å². The van der Waals surface area contributed by atoms with Crippen molar-refractivity contribution in [2.24, 2.45) is 0 Å². The number of ether oxygens (including phenoxy) is 1. The van der Waals surface area contributed by atoms with Crippen LogP contribution in [0.4, 0.5) is 0 Å². The summed E-state index contributed by atoms with van der Waals surface area (Å²) < 4.78 is 28.8. The Labute approximate surface area is 138 Å². The summed E-state index contributed by atoms with van der Waals surface area (Å²) in [4.78, 5) is 0.265. The molecular formula is C16H13ClN2O3S. The first-order valence-corrected chi connectivity index (χ1v) is 8.98. The van der Waals surface area contributed by atoms with Crippen LogP contribution < -0.4 is 4.74 Å². The summed E-state index contributed by atoms with van der Waals surface area (Å²) in [5, 5.41) is 7.48. The summed E-state index contributed by atoms with van der Waals surface area (Å²) >= 11 is 5.85. The molecule has 2 aromatic carbocycles. The standard InChI is InChI=1S/C16H13ClN2O3S/c1-23(20,21)14-8-2-11(3-9-14)16-15(10-18-19-16)22-13-6-4-12(17)5-7-13/h2-10H,1H3,(H,18,19). The predicted molar refractivity (Wildman–Crippen MR) is 88.7 cm³/mol. The average molecular weight is 349 g/mol. The van der Waals surface area contributed by atoms with Crippen LogP contribution in [0.5, 0.6) is 11.5 Å². The van der Waals surface area contributed by atoms with Crippen LogP contribution in [0.3, 0.4) is 0 Å². The van der Waals surface area contributed by atoms with Crippen LogP contribution in [0.25, 0.3) is 11.3 Å². The Bertz CT molecular complexity index is 917. The number of benzene rings is 2. The number of hydrogen-bond donors (Lipinski definition) is 1. The number of halogens is 1. The Morgan fingerprint density at radius 3 is 2.30 bits per heavy atom. The number of rotatable bonds is 4. The van der Waals surface area contributed by atoms with Crippen LogP contribution in [0, 0.1) is 0 Å². The van der Waals surface area contributed by atoms with E-state index in [2.05, 4.69) is 10.2 Å². The average Bonchev–Trinajstić information content (AvgIpc) is 2.97. The van der Waals surface area contributed by atoms with E-state index in [0.717, 1.165) is 5.56 Å². The highest BCUT2D eigenvalue weighted by molar-refractivity contribution is 7.90. The third-order valence-electron chi connectivity index (χ3n) is 3.22. The number of nitrogens with one attached hydrogen (secondary N) is 1. The van der Waals surface area contributed by atoms with Gasteiger partial charge in [0.25, 0.3) is 0 Å². The fraction of sp³-hybridized carbons (Fsp3) is 0.0625. The molecule has 0 atom stereocenters. The van der Waals surface area contributed by atoms with Crippen molar-refractivity contribution in [3.05, 3.63) is 59.8 Å². The van der Waals surface area contributed by atoms with Gasteiger partial charge < -0.3 is 4.74 Å². The number of hydrogen-bond acceptors (Lipinski definition) is 4. The van der Waals surface area contributed by atoms with Crippen molar-refractivity contribution >= 4 is 21.4 Å². The zero-order valence-corrected chi connectivity index (χ0v) is 13.7. The van der Waals surface area contributed by atoms with Gasteiger partial charge in [-0.1, -0.05) is 23.7 Å². The van der Waals surface area contributed by atoms with Gasteiger partial charge in [0.2, 0.25) is 0 Å². The second-order valence-corrected chi connectivity index (χ2v) is 7.41. The molecule has 0 aliphatic carbocycles. The molecule has 0 fully saturated rings. The maximum Gasteiger partial charge on any atom is 0.175 e. The molecule has 3 rings (SSSR count). The molecule has 0 bridgehead atoms. The zero-order valence-electron chi connectivity index (χ0n) is 12.2. The van der Waals surface area contributed by atoms with Gasteiger partial charge in [-0.3, -0.25) is 5.10 Å². The van der Waals surface area contributed by atoms with Crippen LogP contribution in [-0.4, -0.2) is 24.9 Å². The van der Waals surface area contributed by atoms with E-state index in [1.165, 1.54) is 6.26 Å². The lowest BCUT2D eigenvalue weighted by Gasteiger charge is -2.07. The second-order valence-electron chi connectivity index (χ2n) is 4.96. The van der Waals surface area contributed by atoms with Gasteiger partial charge in [0.05, 0.1) is 11.1 Å². The second kappa shape index (κ2) is 6.06. The molecule has 0 saturated carbocycles. The molecular weight excluding hydrogens is 336 g/mol. The van der Waals surface area contributed by atoms with Crippen molar-refractivity contribution in [2.75, 3.05) is 6.26 Å². The molecule has 0 spiro atoms. The fourth-order valence-corrected chi connectivity index (χ4v) is 2.81. The lowest BCUT2D eigenvalue weighted by molar-refractivity contribution is 0.485. The molecule has 0 amide bonds. The van der Waals surface area contributed by atoms with E-state index in [-0.39, 0.29) is 4.90 Å². The Kier molecular flexibility index (Phi) is 4.11. The highest BCUT2D eigenvalue weighted by Crippen LogP contribution is 2.32. The molecule has 0 aliphatic heterocycles. The highest BCUT2D eigenvalue weighted by Gasteiger charge is 2.12. The van der Waals surface area contributed by atoms with E-state index >= 15 is 0 Å². The first-order chi connectivity index (χ1) is 10.9. The van der Waals surface area contributed by atoms with Crippen LogP contribution >= 0.6 is 11.6 Å². The van der Waals surface area contributed by atoms with Crippen molar-refractivity contribution in [1.29, 1.82) is 0 Å². The first kappa shape index (κ1) is 15.6. The minimum atomic E-state index is -3.22. The summed E-state index contributed by atoms with van der Waals surface area (Å²) in [5.74, 6) is 1.17. The Morgan fingerprint density at radius 1 is 1.04 bits per heavy atom. The van der Waals surface area contributed by atoms with Gasteiger partial charge in [0, 0.05) is 16.8 Å². The smallest absolute Gasteiger partial charge is 0.175 e. The lowest BCUT2D eigenvalue weighted by Crippen LogP contribution is -1.96. The summed E-state index contributed by atoms with van der Waals surface area (Å²) in [6.45, 7) is 0. The van der Waals surface area contributed by atoms with Gasteiger partial charge in [0.1, 0.15) is 11.4 Å².